The molecule has 0 aliphatic rings. The Kier molecular flexibility index (Phi) is 3.59. The first-order valence-corrected chi connectivity index (χ1v) is 6.22. The SMILES string of the molecule is O=C(Cc1c(Cl)cccc1Cl)c1cscn1. The fraction of sp³-hybridized carbons (Fsp3) is 0.0909. The molecular formula is C11H7Cl2NOS. The van der Waals surface area contributed by atoms with E-state index in [2.05, 4.69) is 4.98 Å². The molecule has 1 aromatic carbocycles. The van der Waals surface area contributed by atoms with Crippen molar-refractivity contribution in [3.63, 3.8) is 0 Å². The van der Waals surface area contributed by atoms with Crippen molar-refractivity contribution in [2.45, 2.75) is 6.42 Å². The molecule has 82 valence electrons. The largest absolute Gasteiger partial charge is 0.292 e. The molecule has 0 bridgehead atoms. The van der Waals surface area contributed by atoms with E-state index in [4.69, 9.17) is 23.2 Å². The van der Waals surface area contributed by atoms with Crippen LogP contribution in [0.5, 0.6) is 0 Å². The van der Waals surface area contributed by atoms with Crippen LogP contribution >= 0.6 is 34.5 Å². The third kappa shape index (κ3) is 2.43. The summed E-state index contributed by atoms with van der Waals surface area (Å²) in [5.74, 6) is -0.0729. The van der Waals surface area contributed by atoms with Crippen molar-refractivity contribution in [2.24, 2.45) is 0 Å². The number of nitrogens with zero attached hydrogens (tertiary/aromatic N) is 1. The van der Waals surface area contributed by atoms with E-state index in [0.717, 1.165) is 0 Å². The first-order valence-electron chi connectivity index (χ1n) is 4.53. The highest BCUT2D eigenvalue weighted by Gasteiger charge is 2.13. The van der Waals surface area contributed by atoms with Crippen molar-refractivity contribution in [3.05, 3.63) is 50.4 Å². The Bertz CT molecular complexity index is 490. The Hall–Kier alpha value is -0.900. The summed E-state index contributed by atoms with van der Waals surface area (Å²) < 4.78 is 0. The lowest BCUT2D eigenvalue weighted by Gasteiger charge is -2.04. The van der Waals surface area contributed by atoms with Crippen molar-refractivity contribution in [2.75, 3.05) is 0 Å². The van der Waals surface area contributed by atoms with E-state index in [9.17, 15) is 4.79 Å². The summed E-state index contributed by atoms with van der Waals surface area (Å²) in [6.45, 7) is 0. The van der Waals surface area contributed by atoms with Crippen LogP contribution in [0.4, 0.5) is 0 Å². The van der Waals surface area contributed by atoms with Crippen LogP contribution in [0.1, 0.15) is 16.1 Å². The van der Waals surface area contributed by atoms with Crippen LogP contribution in [0.2, 0.25) is 10.0 Å². The van der Waals surface area contributed by atoms with Gasteiger partial charge in [-0.05, 0) is 17.7 Å². The molecule has 0 fully saturated rings. The van der Waals surface area contributed by atoms with E-state index in [1.54, 1.807) is 29.1 Å². The molecule has 0 unspecified atom stereocenters. The summed E-state index contributed by atoms with van der Waals surface area (Å²) in [6, 6.07) is 5.19. The molecule has 0 atom stereocenters. The lowest BCUT2D eigenvalue weighted by molar-refractivity contribution is 0.0989. The van der Waals surface area contributed by atoms with Gasteiger partial charge in [0.15, 0.2) is 5.78 Å². The second kappa shape index (κ2) is 4.95. The maximum absolute atomic E-state index is 11.8. The number of carbonyl (C=O) groups is 1. The summed E-state index contributed by atoms with van der Waals surface area (Å²) in [7, 11) is 0. The van der Waals surface area contributed by atoms with E-state index in [0.29, 0.717) is 21.3 Å². The highest BCUT2D eigenvalue weighted by atomic mass is 35.5. The molecule has 2 nitrogen and oxygen atoms in total. The van der Waals surface area contributed by atoms with Gasteiger partial charge in [-0.2, -0.15) is 0 Å². The van der Waals surface area contributed by atoms with Crippen LogP contribution in [0.25, 0.3) is 0 Å². The van der Waals surface area contributed by atoms with Gasteiger partial charge in [0.1, 0.15) is 5.69 Å². The number of thiazole rings is 1. The van der Waals surface area contributed by atoms with Crippen LogP contribution in [0.15, 0.2) is 29.1 Å². The zero-order chi connectivity index (χ0) is 11.5. The first-order chi connectivity index (χ1) is 7.68. The number of rotatable bonds is 3. The average molecular weight is 272 g/mol. The molecular weight excluding hydrogens is 265 g/mol. The molecule has 0 aliphatic carbocycles. The molecule has 0 saturated heterocycles. The summed E-state index contributed by atoms with van der Waals surface area (Å²) in [5, 5.41) is 2.74. The van der Waals surface area contributed by atoms with Gasteiger partial charge in [0, 0.05) is 21.8 Å². The first kappa shape index (κ1) is 11.6. The predicted molar refractivity (Wildman–Crippen MR) is 66.6 cm³/mol. The van der Waals surface area contributed by atoms with Gasteiger partial charge < -0.3 is 0 Å². The van der Waals surface area contributed by atoms with E-state index < -0.39 is 0 Å². The molecule has 2 aromatic rings. The summed E-state index contributed by atoms with van der Waals surface area (Å²) in [6.07, 6.45) is 0.183. The monoisotopic (exact) mass is 271 g/mol. The van der Waals surface area contributed by atoms with Crippen molar-refractivity contribution in [3.8, 4) is 0 Å². The van der Waals surface area contributed by atoms with Crippen molar-refractivity contribution < 1.29 is 4.79 Å². The average Bonchev–Trinajstić information content (AvgIpc) is 2.76. The smallest absolute Gasteiger partial charge is 0.186 e. The minimum absolute atomic E-state index is 0.0729. The number of hydrogen-bond donors (Lipinski definition) is 0. The topological polar surface area (TPSA) is 30.0 Å². The number of hydrogen-bond acceptors (Lipinski definition) is 3. The second-order valence-corrected chi connectivity index (χ2v) is 4.71. The lowest BCUT2D eigenvalue weighted by atomic mass is 10.1. The third-order valence-corrected chi connectivity index (χ3v) is 3.41. The summed E-state index contributed by atoms with van der Waals surface area (Å²) in [5.41, 5.74) is 2.74. The van der Waals surface area contributed by atoms with Crippen molar-refractivity contribution in [1.82, 2.24) is 4.98 Å². The van der Waals surface area contributed by atoms with Crippen LogP contribution < -0.4 is 0 Å². The molecule has 5 heteroatoms. The Morgan fingerprint density at radius 2 is 2.00 bits per heavy atom. The Labute approximate surface area is 107 Å². The van der Waals surface area contributed by atoms with E-state index in [-0.39, 0.29) is 12.2 Å². The number of carbonyl (C=O) groups excluding carboxylic acids is 1. The fourth-order valence-corrected chi connectivity index (χ4v) is 2.39. The van der Waals surface area contributed by atoms with Crippen LogP contribution in [-0.2, 0) is 6.42 Å². The minimum atomic E-state index is -0.0729. The molecule has 0 radical (unpaired) electrons. The van der Waals surface area contributed by atoms with Gasteiger partial charge in [-0.1, -0.05) is 29.3 Å². The van der Waals surface area contributed by atoms with Crippen LogP contribution in [-0.4, -0.2) is 10.8 Å². The molecule has 0 saturated carbocycles. The predicted octanol–water partition coefficient (Wildman–Crippen LogP) is 3.88. The van der Waals surface area contributed by atoms with E-state index in [1.165, 1.54) is 11.3 Å². The number of ketones is 1. The van der Waals surface area contributed by atoms with Gasteiger partial charge in [0.05, 0.1) is 5.51 Å². The maximum Gasteiger partial charge on any atom is 0.186 e. The highest BCUT2D eigenvalue weighted by Crippen LogP contribution is 2.25. The van der Waals surface area contributed by atoms with Crippen LogP contribution in [0, 0.1) is 0 Å². The van der Waals surface area contributed by atoms with Gasteiger partial charge in [0.25, 0.3) is 0 Å². The quantitative estimate of drug-likeness (QED) is 0.794. The zero-order valence-corrected chi connectivity index (χ0v) is 10.4. The zero-order valence-electron chi connectivity index (χ0n) is 8.11. The molecule has 0 N–H and O–H groups in total. The number of Topliss-reactive ketones (excluding diaryl/α,β-unsaturated/α-hetero) is 1. The summed E-state index contributed by atoms with van der Waals surface area (Å²) >= 11 is 13.4. The molecule has 1 aromatic heterocycles. The molecule has 1 heterocycles. The van der Waals surface area contributed by atoms with Gasteiger partial charge in [-0.15, -0.1) is 11.3 Å². The van der Waals surface area contributed by atoms with Crippen LogP contribution in [0.3, 0.4) is 0 Å². The van der Waals surface area contributed by atoms with Crippen molar-refractivity contribution >= 4 is 40.3 Å². The minimum Gasteiger partial charge on any atom is -0.292 e. The number of halogens is 2. The normalized spacial score (nSPS) is 10.4. The highest BCUT2D eigenvalue weighted by molar-refractivity contribution is 7.07. The maximum atomic E-state index is 11.8. The molecule has 0 spiro atoms. The molecule has 0 aliphatic heterocycles. The fourth-order valence-electron chi connectivity index (χ4n) is 1.30. The Morgan fingerprint density at radius 3 is 2.56 bits per heavy atom. The standard InChI is InChI=1S/C11H7Cl2NOS/c12-8-2-1-3-9(13)7(8)4-11(15)10-5-16-6-14-10/h1-3,5-6H,4H2. The van der Waals surface area contributed by atoms with Crippen molar-refractivity contribution in [1.29, 1.82) is 0 Å². The van der Waals surface area contributed by atoms with Gasteiger partial charge in [-0.25, -0.2) is 4.98 Å². The molecule has 2 rings (SSSR count). The molecule has 0 amide bonds. The Morgan fingerprint density at radius 1 is 1.31 bits per heavy atom. The lowest BCUT2D eigenvalue weighted by Crippen LogP contribution is -2.04. The van der Waals surface area contributed by atoms with Gasteiger partial charge in [0.2, 0.25) is 0 Å². The van der Waals surface area contributed by atoms with E-state index in [1.807, 2.05) is 0 Å². The van der Waals surface area contributed by atoms with Gasteiger partial charge >= 0.3 is 0 Å². The van der Waals surface area contributed by atoms with Gasteiger partial charge in [-0.3, -0.25) is 4.79 Å². The summed E-state index contributed by atoms with van der Waals surface area (Å²) in [4.78, 5) is 15.8. The van der Waals surface area contributed by atoms with E-state index >= 15 is 0 Å². The third-order valence-electron chi connectivity index (χ3n) is 2.12. The number of benzene rings is 1. The molecule has 16 heavy (non-hydrogen) atoms. The second-order valence-electron chi connectivity index (χ2n) is 3.17. The Balaban J connectivity index is 2.25. The number of aromatic nitrogens is 1.